The van der Waals surface area contributed by atoms with E-state index < -0.39 is 0 Å². The van der Waals surface area contributed by atoms with Crippen molar-refractivity contribution in [3.05, 3.63) is 65.5 Å². The molecule has 5 heteroatoms. The summed E-state index contributed by atoms with van der Waals surface area (Å²) in [5.41, 5.74) is 1.62. The fourth-order valence-electron chi connectivity index (χ4n) is 2.92. The van der Waals surface area contributed by atoms with E-state index in [2.05, 4.69) is 17.2 Å². The summed E-state index contributed by atoms with van der Waals surface area (Å²) in [6.07, 6.45) is 2.03. The maximum absolute atomic E-state index is 12.6. The van der Waals surface area contributed by atoms with Crippen LogP contribution in [-0.2, 0) is 6.54 Å². The lowest BCUT2D eigenvalue weighted by atomic mass is 9.99. The van der Waals surface area contributed by atoms with Gasteiger partial charge in [0, 0.05) is 19.6 Å². The number of amides is 2. The zero-order chi connectivity index (χ0) is 17.6. The lowest BCUT2D eigenvalue weighted by Gasteiger charge is -2.30. The van der Waals surface area contributed by atoms with E-state index in [0.29, 0.717) is 18.2 Å². The Balaban J connectivity index is 1.64. The van der Waals surface area contributed by atoms with Crippen molar-refractivity contribution < 1.29 is 9.59 Å². The van der Waals surface area contributed by atoms with Crippen LogP contribution in [0.1, 0.15) is 46.3 Å². The summed E-state index contributed by atoms with van der Waals surface area (Å²) in [6, 6.07) is 14.7. The number of benzene rings is 1. The fraction of sp³-hybridized carbons (Fsp3) is 0.350. The van der Waals surface area contributed by atoms with Crippen molar-refractivity contribution in [1.29, 1.82) is 0 Å². The molecule has 1 saturated heterocycles. The number of carbonyl (C=O) groups excluding carboxylic acids is 2. The summed E-state index contributed by atoms with van der Waals surface area (Å²) in [5, 5.41) is 2.84. The van der Waals surface area contributed by atoms with Crippen LogP contribution in [0.3, 0.4) is 0 Å². The van der Waals surface area contributed by atoms with Gasteiger partial charge in [0.25, 0.3) is 11.8 Å². The number of hydrogen-bond donors (Lipinski definition) is 1. The fourth-order valence-corrected chi connectivity index (χ4v) is 2.92. The molecule has 2 aromatic rings. The van der Waals surface area contributed by atoms with Crippen LogP contribution in [0, 0.1) is 5.92 Å². The number of aromatic nitrogens is 1. The van der Waals surface area contributed by atoms with Crippen LogP contribution in [0.15, 0.2) is 48.5 Å². The zero-order valence-corrected chi connectivity index (χ0v) is 14.4. The van der Waals surface area contributed by atoms with E-state index in [1.807, 2.05) is 35.2 Å². The highest BCUT2D eigenvalue weighted by molar-refractivity contribution is 5.96. The Labute approximate surface area is 148 Å². The van der Waals surface area contributed by atoms with Crippen LogP contribution < -0.4 is 5.32 Å². The van der Waals surface area contributed by atoms with E-state index in [9.17, 15) is 9.59 Å². The smallest absolute Gasteiger partial charge is 0.272 e. The molecule has 1 aromatic heterocycles. The molecule has 130 valence electrons. The second-order valence-electron chi connectivity index (χ2n) is 6.55. The highest BCUT2D eigenvalue weighted by Crippen LogP contribution is 2.17. The molecule has 0 radical (unpaired) electrons. The molecule has 0 atom stereocenters. The van der Waals surface area contributed by atoms with Crippen molar-refractivity contribution in [2.45, 2.75) is 26.3 Å². The third-order valence-corrected chi connectivity index (χ3v) is 4.57. The molecule has 1 aliphatic rings. The molecule has 5 nitrogen and oxygen atoms in total. The number of hydrogen-bond acceptors (Lipinski definition) is 3. The SMILES string of the molecule is CC1CCN(C(=O)c2cccc(C(=O)NCc3ccccc3)n2)CC1. The van der Waals surface area contributed by atoms with Gasteiger partial charge in [-0.3, -0.25) is 9.59 Å². The van der Waals surface area contributed by atoms with Gasteiger partial charge in [-0.25, -0.2) is 4.98 Å². The van der Waals surface area contributed by atoms with Crippen LogP contribution >= 0.6 is 0 Å². The molecule has 0 spiro atoms. The maximum Gasteiger partial charge on any atom is 0.272 e. The topological polar surface area (TPSA) is 62.3 Å². The van der Waals surface area contributed by atoms with Gasteiger partial charge in [0.2, 0.25) is 0 Å². The Hall–Kier alpha value is -2.69. The third kappa shape index (κ3) is 4.44. The molecular formula is C20H23N3O2. The molecule has 1 fully saturated rings. The van der Waals surface area contributed by atoms with Gasteiger partial charge in [-0.15, -0.1) is 0 Å². The normalized spacial score (nSPS) is 15.0. The highest BCUT2D eigenvalue weighted by atomic mass is 16.2. The largest absolute Gasteiger partial charge is 0.347 e. The van der Waals surface area contributed by atoms with Crippen LogP contribution in [-0.4, -0.2) is 34.8 Å². The lowest BCUT2D eigenvalue weighted by molar-refractivity contribution is 0.0691. The first-order chi connectivity index (χ1) is 12.1. The van der Waals surface area contributed by atoms with Crippen molar-refractivity contribution in [2.24, 2.45) is 5.92 Å². The number of piperidine rings is 1. The van der Waals surface area contributed by atoms with Gasteiger partial charge in [0.15, 0.2) is 0 Å². The van der Waals surface area contributed by atoms with Gasteiger partial charge in [0.05, 0.1) is 0 Å². The summed E-state index contributed by atoms with van der Waals surface area (Å²) < 4.78 is 0. The minimum Gasteiger partial charge on any atom is -0.347 e. The molecule has 1 aliphatic heterocycles. The quantitative estimate of drug-likeness (QED) is 0.933. The number of likely N-dealkylation sites (tertiary alicyclic amines) is 1. The summed E-state index contributed by atoms with van der Waals surface area (Å²) in [6.45, 7) is 4.15. The van der Waals surface area contributed by atoms with E-state index in [1.54, 1.807) is 18.2 Å². The molecule has 2 amide bonds. The number of nitrogens with one attached hydrogen (secondary N) is 1. The minimum absolute atomic E-state index is 0.0930. The Morgan fingerprint density at radius 1 is 1.04 bits per heavy atom. The summed E-state index contributed by atoms with van der Waals surface area (Å²) in [7, 11) is 0. The second kappa shape index (κ2) is 7.92. The van der Waals surface area contributed by atoms with Crippen LogP contribution in [0.25, 0.3) is 0 Å². The first-order valence-electron chi connectivity index (χ1n) is 8.72. The standard InChI is InChI=1S/C20H23N3O2/c1-15-10-12-23(13-11-15)20(25)18-9-5-8-17(22-18)19(24)21-14-16-6-3-2-4-7-16/h2-9,15H,10-14H2,1H3,(H,21,24). The molecule has 0 unspecified atom stereocenters. The van der Waals surface area contributed by atoms with Gasteiger partial charge in [-0.2, -0.15) is 0 Å². The van der Waals surface area contributed by atoms with E-state index >= 15 is 0 Å². The molecule has 0 bridgehead atoms. The van der Waals surface area contributed by atoms with E-state index in [0.717, 1.165) is 31.5 Å². The third-order valence-electron chi connectivity index (χ3n) is 4.57. The van der Waals surface area contributed by atoms with Crippen LogP contribution in [0.4, 0.5) is 0 Å². The minimum atomic E-state index is -0.272. The molecule has 2 heterocycles. The van der Waals surface area contributed by atoms with Gasteiger partial charge in [0.1, 0.15) is 11.4 Å². The Morgan fingerprint density at radius 2 is 1.72 bits per heavy atom. The van der Waals surface area contributed by atoms with Crippen molar-refractivity contribution in [1.82, 2.24) is 15.2 Å². The average molecular weight is 337 g/mol. The predicted octanol–water partition coefficient (Wildman–Crippen LogP) is 2.88. The van der Waals surface area contributed by atoms with Crippen molar-refractivity contribution in [3.63, 3.8) is 0 Å². The van der Waals surface area contributed by atoms with Crippen molar-refractivity contribution in [3.8, 4) is 0 Å². The summed E-state index contributed by atoms with van der Waals surface area (Å²) >= 11 is 0. The van der Waals surface area contributed by atoms with Crippen molar-refractivity contribution in [2.75, 3.05) is 13.1 Å². The van der Waals surface area contributed by atoms with E-state index in [-0.39, 0.29) is 17.5 Å². The predicted molar refractivity (Wildman–Crippen MR) is 96.2 cm³/mol. The first-order valence-corrected chi connectivity index (χ1v) is 8.72. The maximum atomic E-state index is 12.6. The van der Waals surface area contributed by atoms with E-state index in [1.165, 1.54) is 0 Å². The van der Waals surface area contributed by atoms with Gasteiger partial charge < -0.3 is 10.2 Å². The Bertz CT molecular complexity index is 738. The Kier molecular flexibility index (Phi) is 5.43. The number of carbonyl (C=O) groups is 2. The molecule has 3 rings (SSSR count). The second-order valence-corrected chi connectivity index (χ2v) is 6.55. The van der Waals surface area contributed by atoms with Gasteiger partial charge in [-0.1, -0.05) is 43.3 Å². The van der Waals surface area contributed by atoms with Gasteiger partial charge in [-0.05, 0) is 36.5 Å². The molecule has 0 aliphatic carbocycles. The zero-order valence-electron chi connectivity index (χ0n) is 14.4. The monoisotopic (exact) mass is 337 g/mol. The summed E-state index contributed by atoms with van der Waals surface area (Å²) in [5.74, 6) is 0.294. The molecule has 1 aromatic carbocycles. The van der Waals surface area contributed by atoms with Gasteiger partial charge >= 0.3 is 0 Å². The summed E-state index contributed by atoms with van der Waals surface area (Å²) in [4.78, 5) is 31.0. The highest BCUT2D eigenvalue weighted by Gasteiger charge is 2.22. The molecule has 0 saturated carbocycles. The average Bonchev–Trinajstić information content (AvgIpc) is 2.67. The van der Waals surface area contributed by atoms with Crippen LogP contribution in [0.5, 0.6) is 0 Å². The van der Waals surface area contributed by atoms with Crippen molar-refractivity contribution >= 4 is 11.8 Å². The lowest BCUT2D eigenvalue weighted by Crippen LogP contribution is -2.38. The van der Waals surface area contributed by atoms with E-state index in [4.69, 9.17) is 0 Å². The number of rotatable bonds is 4. The molecular weight excluding hydrogens is 314 g/mol. The Morgan fingerprint density at radius 3 is 2.44 bits per heavy atom. The van der Waals surface area contributed by atoms with Crippen LogP contribution in [0.2, 0.25) is 0 Å². The first kappa shape index (κ1) is 17.1. The molecule has 25 heavy (non-hydrogen) atoms. The number of pyridine rings is 1. The number of nitrogens with zero attached hydrogens (tertiary/aromatic N) is 2. The molecule has 1 N–H and O–H groups in total.